The van der Waals surface area contributed by atoms with E-state index in [-0.39, 0.29) is 5.41 Å². The largest absolute Gasteiger partial charge is 0.383 e. The van der Waals surface area contributed by atoms with Crippen LogP contribution in [-0.4, -0.2) is 20.2 Å². The minimum Gasteiger partial charge on any atom is -0.383 e. The number of hydrogen-bond donors (Lipinski definition) is 2. The molecule has 0 saturated heterocycles. The molecule has 20 heavy (non-hydrogen) atoms. The highest BCUT2D eigenvalue weighted by molar-refractivity contribution is 5.55. The summed E-state index contributed by atoms with van der Waals surface area (Å²) in [5.41, 5.74) is 7.52. The number of rotatable bonds is 3. The van der Waals surface area contributed by atoms with Crippen LogP contribution >= 0.6 is 0 Å². The second-order valence-corrected chi connectivity index (χ2v) is 5.72. The van der Waals surface area contributed by atoms with Crippen LogP contribution in [0.5, 0.6) is 0 Å². The van der Waals surface area contributed by atoms with Gasteiger partial charge in [-0.25, -0.2) is 9.97 Å². The first-order valence-electron chi connectivity index (χ1n) is 6.53. The van der Waals surface area contributed by atoms with E-state index in [1.54, 1.807) is 6.20 Å². The Labute approximate surface area is 118 Å². The second-order valence-electron chi connectivity index (χ2n) is 5.72. The van der Waals surface area contributed by atoms with Crippen LogP contribution in [0, 0.1) is 6.92 Å². The van der Waals surface area contributed by atoms with E-state index in [9.17, 15) is 0 Å². The van der Waals surface area contributed by atoms with Crippen LogP contribution < -0.4 is 11.1 Å². The highest BCUT2D eigenvalue weighted by Gasteiger charge is 2.20. The smallest absolute Gasteiger partial charge is 0.138 e. The summed E-state index contributed by atoms with van der Waals surface area (Å²) in [6.45, 7) is 8.63. The maximum Gasteiger partial charge on any atom is 0.138 e. The molecule has 0 atom stereocenters. The SMILES string of the molecule is Cc1c(N)nc(C(C)(C)C)nc1NCc1cccnn1. The average Bonchev–Trinajstić information content (AvgIpc) is 2.40. The molecule has 0 aromatic carbocycles. The van der Waals surface area contributed by atoms with Gasteiger partial charge in [-0.1, -0.05) is 20.8 Å². The molecule has 0 spiro atoms. The second kappa shape index (κ2) is 5.40. The Bertz CT molecular complexity index is 589. The van der Waals surface area contributed by atoms with E-state index in [1.807, 2.05) is 19.1 Å². The molecule has 0 aliphatic rings. The third-order valence-electron chi connectivity index (χ3n) is 2.92. The van der Waals surface area contributed by atoms with Crippen molar-refractivity contribution in [2.75, 3.05) is 11.1 Å². The Kier molecular flexibility index (Phi) is 3.83. The summed E-state index contributed by atoms with van der Waals surface area (Å²) in [4.78, 5) is 8.93. The molecule has 106 valence electrons. The zero-order chi connectivity index (χ0) is 14.8. The molecule has 2 aromatic rings. The summed E-state index contributed by atoms with van der Waals surface area (Å²) >= 11 is 0. The van der Waals surface area contributed by atoms with Gasteiger partial charge in [0.15, 0.2) is 0 Å². The lowest BCUT2D eigenvalue weighted by Gasteiger charge is -2.19. The number of aromatic nitrogens is 4. The van der Waals surface area contributed by atoms with E-state index in [4.69, 9.17) is 5.73 Å². The number of nitrogens with zero attached hydrogens (tertiary/aromatic N) is 4. The average molecular weight is 272 g/mol. The molecule has 0 amide bonds. The summed E-state index contributed by atoms with van der Waals surface area (Å²) < 4.78 is 0. The lowest BCUT2D eigenvalue weighted by atomic mass is 9.95. The van der Waals surface area contributed by atoms with Gasteiger partial charge in [0.1, 0.15) is 17.5 Å². The summed E-state index contributed by atoms with van der Waals surface area (Å²) in [6.07, 6.45) is 1.65. The number of nitrogen functional groups attached to an aromatic ring is 1. The molecule has 2 aromatic heterocycles. The van der Waals surface area contributed by atoms with Gasteiger partial charge in [0, 0.05) is 17.2 Å². The zero-order valence-electron chi connectivity index (χ0n) is 12.3. The maximum absolute atomic E-state index is 5.97. The number of nitrogens with one attached hydrogen (secondary N) is 1. The van der Waals surface area contributed by atoms with Gasteiger partial charge in [0.2, 0.25) is 0 Å². The summed E-state index contributed by atoms with van der Waals surface area (Å²) in [5, 5.41) is 11.1. The van der Waals surface area contributed by atoms with E-state index in [0.29, 0.717) is 12.4 Å². The van der Waals surface area contributed by atoms with Gasteiger partial charge < -0.3 is 11.1 Å². The zero-order valence-corrected chi connectivity index (χ0v) is 12.3. The van der Waals surface area contributed by atoms with Crippen LogP contribution in [0.1, 0.15) is 37.9 Å². The molecule has 2 heterocycles. The normalized spacial score (nSPS) is 11.4. The molecule has 0 unspecified atom stereocenters. The van der Waals surface area contributed by atoms with Gasteiger partial charge >= 0.3 is 0 Å². The topological polar surface area (TPSA) is 89.6 Å². The van der Waals surface area contributed by atoms with E-state index in [1.165, 1.54) is 0 Å². The predicted octanol–water partition coefficient (Wildman–Crippen LogP) is 2.07. The maximum atomic E-state index is 5.97. The van der Waals surface area contributed by atoms with Gasteiger partial charge in [-0.3, -0.25) is 0 Å². The predicted molar refractivity (Wildman–Crippen MR) is 79.2 cm³/mol. The lowest BCUT2D eigenvalue weighted by Crippen LogP contribution is -2.19. The number of nitrogens with two attached hydrogens (primary N) is 1. The van der Waals surface area contributed by atoms with Gasteiger partial charge in [-0.2, -0.15) is 10.2 Å². The van der Waals surface area contributed by atoms with Crippen LogP contribution in [0.2, 0.25) is 0 Å². The standard InChI is InChI=1S/C14H20N6/c1-9-11(15)18-13(14(2,3)4)19-12(9)16-8-10-6-5-7-17-20-10/h5-7H,8H2,1-4H3,(H3,15,16,18,19). The summed E-state index contributed by atoms with van der Waals surface area (Å²) in [6, 6.07) is 3.76. The molecule has 6 heteroatoms. The van der Waals surface area contributed by atoms with Crippen molar-refractivity contribution in [1.82, 2.24) is 20.2 Å². The molecular weight excluding hydrogens is 252 g/mol. The van der Waals surface area contributed by atoms with E-state index in [0.717, 1.165) is 22.9 Å². The minimum atomic E-state index is -0.148. The summed E-state index contributed by atoms with van der Waals surface area (Å²) in [5.74, 6) is 1.97. The van der Waals surface area contributed by atoms with Crippen molar-refractivity contribution in [3.05, 3.63) is 35.4 Å². The first-order chi connectivity index (χ1) is 9.38. The van der Waals surface area contributed by atoms with Gasteiger partial charge in [-0.15, -0.1) is 0 Å². The summed E-state index contributed by atoms with van der Waals surface area (Å²) in [7, 11) is 0. The fourth-order valence-corrected chi connectivity index (χ4v) is 1.64. The lowest BCUT2D eigenvalue weighted by molar-refractivity contribution is 0.546. The monoisotopic (exact) mass is 272 g/mol. The van der Waals surface area contributed by atoms with Crippen molar-refractivity contribution in [2.24, 2.45) is 0 Å². The van der Waals surface area contributed by atoms with Crippen molar-refractivity contribution in [3.63, 3.8) is 0 Å². The van der Waals surface area contributed by atoms with Gasteiger partial charge in [0.05, 0.1) is 12.2 Å². The molecular formula is C14H20N6. The van der Waals surface area contributed by atoms with E-state index < -0.39 is 0 Å². The van der Waals surface area contributed by atoms with Crippen molar-refractivity contribution in [2.45, 2.75) is 39.7 Å². The minimum absolute atomic E-state index is 0.148. The fraction of sp³-hybridized carbons (Fsp3) is 0.429. The van der Waals surface area contributed by atoms with E-state index >= 15 is 0 Å². The first kappa shape index (κ1) is 14.2. The number of anilines is 2. The molecule has 6 nitrogen and oxygen atoms in total. The molecule has 0 saturated carbocycles. The Balaban J connectivity index is 2.25. The molecule has 2 rings (SSSR count). The highest BCUT2D eigenvalue weighted by Crippen LogP contribution is 2.24. The Morgan fingerprint density at radius 3 is 2.60 bits per heavy atom. The molecule has 0 aliphatic heterocycles. The highest BCUT2D eigenvalue weighted by atomic mass is 15.1. The molecule has 0 fully saturated rings. The number of hydrogen-bond acceptors (Lipinski definition) is 6. The Morgan fingerprint density at radius 2 is 2.00 bits per heavy atom. The fourth-order valence-electron chi connectivity index (χ4n) is 1.64. The third-order valence-corrected chi connectivity index (χ3v) is 2.92. The van der Waals surface area contributed by atoms with Crippen molar-refractivity contribution in [3.8, 4) is 0 Å². The van der Waals surface area contributed by atoms with Crippen molar-refractivity contribution >= 4 is 11.6 Å². The van der Waals surface area contributed by atoms with Crippen molar-refractivity contribution < 1.29 is 0 Å². The molecule has 0 bridgehead atoms. The van der Waals surface area contributed by atoms with E-state index in [2.05, 4.69) is 46.3 Å². The molecule has 0 aliphatic carbocycles. The third kappa shape index (κ3) is 3.20. The quantitative estimate of drug-likeness (QED) is 0.889. The van der Waals surface area contributed by atoms with Crippen LogP contribution in [0.15, 0.2) is 18.3 Å². The van der Waals surface area contributed by atoms with Crippen LogP contribution in [-0.2, 0) is 12.0 Å². The molecule has 0 radical (unpaired) electrons. The van der Waals surface area contributed by atoms with Crippen LogP contribution in [0.4, 0.5) is 11.6 Å². The Morgan fingerprint density at radius 1 is 1.25 bits per heavy atom. The van der Waals surface area contributed by atoms with Crippen LogP contribution in [0.25, 0.3) is 0 Å². The molecule has 3 N–H and O–H groups in total. The Hall–Kier alpha value is -2.24. The first-order valence-corrected chi connectivity index (χ1v) is 6.53. The van der Waals surface area contributed by atoms with Gasteiger partial charge in [-0.05, 0) is 19.1 Å². The van der Waals surface area contributed by atoms with Crippen molar-refractivity contribution in [1.29, 1.82) is 0 Å². The van der Waals surface area contributed by atoms with Crippen LogP contribution in [0.3, 0.4) is 0 Å². The van der Waals surface area contributed by atoms with Gasteiger partial charge in [0.25, 0.3) is 0 Å².